The second-order valence-electron chi connectivity index (χ2n) is 2.01. The van der Waals surface area contributed by atoms with Gasteiger partial charge in [-0.1, -0.05) is 0 Å². The number of hydrogen-bond donors (Lipinski definition) is 0. The van der Waals surface area contributed by atoms with E-state index in [1.54, 1.807) is 18.5 Å². The Morgan fingerprint density at radius 1 is 1.17 bits per heavy atom. The molecule has 0 atom stereocenters. The molecule has 0 amide bonds. The van der Waals surface area contributed by atoms with E-state index >= 15 is 0 Å². The third-order valence-corrected chi connectivity index (χ3v) is 1.25. The van der Waals surface area contributed by atoms with E-state index in [0.717, 1.165) is 0 Å². The van der Waals surface area contributed by atoms with Crippen LogP contribution in [0.15, 0.2) is 24.7 Å². The number of rotatable bonds is 1. The Labute approximate surface area is 68.6 Å². The van der Waals surface area contributed by atoms with Gasteiger partial charge >= 0.3 is 0 Å². The molecule has 2 rings (SSSR count). The molecule has 0 saturated carbocycles. The summed E-state index contributed by atoms with van der Waals surface area (Å²) in [5.41, 5.74) is 0.575. The van der Waals surface area contributed by atoms with Gasteiger partial charge in [0.05, 0.1) is 6.20 Å². The van der Waals surface area contributed by atoms with Crippen LogP contribution in [0.25, 0.3) is 11.5 Å². The van der Waals surface area contributed by atoms with E-state index in [-0.39, 0.29) is 0 Å². The molecule has 0 bridgehead atoms. The summed E-state index contributed by atoms with van der Waals surface area (Å²) >= 11 is 0. The van der Waals surface area contributed by atoms with Crippen molar-refractivity contribution in [3.05, 3.63) is 31.0 Å². The molecule has 0 fully saturated rings. The van der Waals surface area contributed by atoms with Gasteiger partial charge in [-0.2, -0.15) is 5.10 Å². The summed E-state index contributed by atoms with van der Waals surface area (Å²) in [6.45, 7) is 0. The van der Waals surface area contributed by atoms with Crippen molar-refractivity contribution in [3.63, 3.8) is 0 Å². The van der Waals surface area contributed by atoms with Gasteiger partial charge in [0.15, 0.2) is 5.82 Å². The summed E-state index contributed by atoms with van der Waals surface area (Å²) in [6, 6.07) is 1.74. The van der Waals surface area contributed by atoms with Crippen molar-refractivity contribution in [1.82, 2.24) is 25.1 Å². The van der Waals surface area contributed by atoms with Crippen LogP contribution in [0.3, 0.4) is 0 Å². The predicted molar refractivity (Wildman–Crippen MR) is 39.7 cm³/mol. The zero-order chi connectivity index (χ0) is 8.23. The second kappa shape index (κ2) is 3.00. The van der Waals surface area contributed by atoms with Gasteiger partial charge in [0.1, 0.15) is 5.69 Å². The van der Waals surface area contributed by atoms with Crippen LogP contribution in [0.1, 0.15) is 0 Å². The Kier molecular flexibility index (Phi) is 1.69. The zero-order valence-corrected chi connectivity index (χ0v) is 6.05. The van der Waals surface area contributed by atoms with Crippen LogP contribution in [-0.2, 0) is 0 Å². The fourth-order valence-corrected chi connectivity index (χ4v) is 0.754. The molecule has 0 N–H and O–H groups in total. The Balaban J connectivity index is 2.46. The van der Waals surface area contributed by atoms with Gasteiger partial charge in [-0.15, -0.1) is 5.10 Å². The molecule has 2 aromatic heterocycles. The molecule has 57 valence electrons. The van der Waals surface area contributed by atoms with Crippen LogP contribution in [-0.4, -0.2) is 25.1 Å². The minimum Gasteiger partial charge on any atom is -0.235 e. The van der Waals surface area contributed by atoms with E-state index in [2.05, 4.69) is 31.5 Å². The molecule has 5 nitrogen and oxygen atoms in total. The fourth-order valence-electron chi connectivity index (χ4n) is 0.754. The number of hydrogen-bond acceptors (Lipinski definition) is 5. The summed E-state index contributed by atoms with van der Waals surface area (Å²) in [4.78, 5) is 11.8. The predicted octanol–water partition coefficient (Wildman–Crippen LogP) is 0.129. The van der Waals surface area contributed by atoms with Gasteiger partial charge in [-0.3, -0.25) is 0 Å². The molecular weight excluding hydrogens is 154 g/mol. The SMILES string of the molecule is [c]1nncc(-c2ncccn2)n1. The first kappa shape index (κ1) is 6.78. The van der Waals surface area contributed by atoms with Crippen molar-refractivity contribution in [1.29, 1.82) is 0 Å². The summed E-state index contributed by atoms with van der Waals surface area (Å²) in [5, 5.41) is 7.04. The average molecular weight is 158 g/mol. The lowest BCUT2D eigenvalue weighted by atomic mass is 10.4. The lowest BCUT2D eigenvalue weighted by molar-refractivity contribution is 0.951. The molecule has 5 heteroatoms. The molecule has 0 aliphatic heterocycles. The highest BCUT2D eigenvalue weighted by atomic mass is 15.1. The van der Waals surface area contributed by atoms with Crippen molar-refractivity contribution < 1.29 is 0 Å². The molecule has 0 saturated heterocycles. The van der Waals surface area contributed by atoms with Gasteiger partial charge in [0, 0.05) is 12.4 Å². The van der Waals surface area contributed by atoms with Crippen molar-refractivity contribution in [2.24, 2.45) is 0 Å². The maximum Gasteiger partial charge on any atom is 0.222 e. The zero-order valence-electron chi connectivity index (χ0n) is 6.05. The van der Waals surface area contributed by atoms with Crippen LogP contribution in [0.4, 0.5) is 0 Å². The van der Waals surface area contributed by atoms with Gasteiger partial charge < -0.3 is 0 Å². The molecule has 0 aliphatic carbocycles. The van der Waals surface area contributed by atoms with Gasteiger partial charge in [0.25, 0.3) is 0 Å². The lowest BCUT2D eigenvalue weighted by Gasteiger charge is -1.93. The van der Waals surface area contributed by atoms with Crippen LogP contribution in [0.5, 0.6) is 0 Å². The highest BCUT2D eigenvalue weighted by Gasteiger charge is 1.99. The van der Waals surface area contributed by atoms with Crippen LogP contribution in [0, 0.1) is 6.33 Å². The Hall–Kier alpha value is -1.91. The second-order valence-corrected chi connectivity index (χ2v) is 2.01. The van der Waals surface area contributed by atoms with E-state index in [0.29, 0.717) is 11.5 Å². The summed E-state index contributed by atoms with van der Waals surface area (Å²) in [5.74, 6) is 0.531. The van der Waals surface area contributed by atoms with E-state index in [4.69, 9.17) is 0 Å². The molecule has 0 aromatic carbocycles. The van der Waals surface area contributed by atoms with Crippen LogP contribution in [0.2, 0.25) is 0 Å². The highest BCUT2D eigenvalue weighted by molar-refractivity contribution is 5.44. The number of aromatic nitrogens is 5. The maximum absolute atomic E-state index is 3.99. The molecule has 12 heavy (non-hydrogen) atoms. The topological polar surface area (TPSA) is 64.5 Å². The lowest BCUT2D eigenvalue weighted by Crippen LogP contribution is -1.92. The van der Waals surface area contributed by atoms with E-state index in [1.807, 2.05) is 0 Å². The van der Waals surface area contributed by atoms with E-state index in [9.17, 15) is 0 Å². The molecular formula is C7H4N5. The molecule has 0 aliphatic rings. The van der Waals surface area contributed by atoms with Crippen molar-refractivity contribution in [2.75, 3.05) is 0 Å². The first-order chi connectivity index (χ1) is 5.97. The maximum atomic E-state index is 3.99. The van der Waals surface area contributed by atoms with E-state index < -0.39 is 0 Å². The van der Waals surface area contributed by atoms with Crippen LogP contribution < -0.4 is 0 Å². The molecule has 1 radical (unpaired) electrons. The monoisotopic (exact) mass is 158 g/mol. The summed E-state index contributed by atoms with van der Waals surface area (Å²) < 4.78 is 0. The minimum absolute atomic E-state index is 0.531. The molecule has 0 unspecified atom stereocenters. The van der Waals surface area contributed by atoms with Crippen molar-refractivity contribution in [3.8, 4) is 11.5 Å². The Morgan fingerprint density at radius 3 is 2.67 bits per heavy atom. The standard InChI is InChI=1S/C7H4N5/c1-2-8-7(9-3-1)6-4-11-12-5-10-6/h1-4H. The van der Waals surface area contributed by atoms with Gasteiger partial charge in [-0.25, -0.2) is 15.0 Å². The minimum atomic E-state index is 0.531. The average Bonchev–Trinajstić information content (AvgIpc) is 2.21. The van der Waals surface area contributed by atoms with Crippen molar-refractivity contribution in [2.45, 2.75) is 0 Å². The normalized spacial score (nSPS) is 9.67. The first-order valence-corrected chi connectivity index (χ1v) is 3.30. The van der Waals surface area contributed by atoms with Crippen molar-refractivity contribution >= 4 is 0 Å². The Bertz CT molecular complexity index is 309. The fraction of sp³-hybridized carbons (Fsp3) is 0. The largest absolute Gasteiger partial charge is 0.235 e. The Morgan fingerprint density at radius 2 is 2.00 bits per heavy atom. The number of nitrogens with zero attached hydrogens (tertiary/aromatic N) is 5. The van der Waals surface area contributed by atoms with Gasteiger partial charge in [-0.05, 0) is 6.07 Å². The summed E-state index contributed by atoms with van der Waals surface area (Å²) in [7, 11) is 0. The smallest absolute Gasteiger partial charge is 0.222 e. The third kappa shape index (κ3) is 1.24. The molecule has 0 spiro atoms. The van der Waals surface area contributed by atoms with E-state index in [1.165, 1.54) is 6.20 Å². The molecule has 2 aromatic rings. The highest BCUT2D eigenvalue weighted by Crippen LogP contribution is 2.05. The van der Waals surface area contributed by atoms with Gasteiger partial charge in [0.2, 0.25) is 6.33 Å². The quantitative estimate of drug-likeness (QED) is 0.590. The summed E-state index contributed by atoms with van der Waals surface area (Å²) in [6.07, 6.45) is 7.15. The van der Waals surface area contributed by atoms with Crippen LogP contribution >= 0.6 is 0 Å². The molecule has 2 heterocycles. The first-order valence-electron chi connectivity index (χ1n) is 3.30. The third-order valence-electron chi connectivity index (χ3n) is 1.25.